The van der Waals surface area contributed by atoms with Crippen LogP contribution >= 0.6 is 0 Å². The van der Waals surface area contributed by atoms with Gasteiger partial charge in [0.15, 0.2) is 0 Å². The smallest absolute Gasteiger partial charge is 0.379 e. The predicted molar refractivity (Wildman–Crippen MR) is 142 cm³/mol. The Labute approximate surface area is 224 Å². The first-order chi connectivity index (χ1) is 18.1. The summed E-state index contributed by atoms with van der Waals surface area (Å²) in [5.41, 5.74) is 4.64. The third-order valence-corrected chi connectivity index (χ3v) is 8.02. The van der Waals surface area contributed by atoms with Crippen molar-refractivity contribution in [1.82, 2.24) is 15.2 Å². The first kappa shape index (κ1) is 28.6. The molecule has 4 rings (SSSR count). The number of hydrogen-bond acceptors (Lipinski definition) is 4. The molecular formula is C30H40F3N3O2. The zero-order chi connectivity index (χ0) is 27.4. The molecule has 1 aromatic carbocycles. The van der Waals surface area contributed by atoms with E-state index in [1.807, 2.05) is 44.2 Å². The fourth-order valence-electron chi connectivity index (χ4n) is 5.94. The number of rotatable bonds is 9. The quantitative estimate of drug-likeness (QED) is 0.388. The molecule has 5 nitrogen and oxygen atoms in total. The first-order valence-electron chi connectivity index (χ1n) is 13.8. The van der Waals surface area contributed by atoms with E-state index in [9.17, 15) is 18.0 Å². The van der Waals surface area contributed by atoms with E-state index in [1.165, 1.54) is 0 Å². The molecule has 1 aromatic heterocycles. The summed E-state index contributed by atoms with van der Waals surface area (Å²) in [6, 6.07) is 9.81. The summed E-state index contributed by atoms with van der Waals surface area (Å²) in [4.78, 5) is 20.4. The number of carbonyl (C=O) groups is 1. The maximum absolute atomic E-state index is 13.3. The lowest BCUT2D eigenvalue weighted by Gasteiger charge is -2.35. The van der Waals surface area contributed by atoms with Crippen molar-refractivity contribution in [2.24, 2.45) is 17.8 Å². The molecule has 0 saturated heterocycles. The van der Waals surface area contributed by atoms with Gasteiger partial charge in [-0.3, -0.25) is 14.7 Å². The molecule has 0 radical (unpaired) electrons. The van der Waals surface area contributed by atoms with Crippen LogP contribution in [-0.2, 0) is 11.3 Å². The summed E-state index contributed by atoms with van der Waals surface area (Å²) in [5, 5.41) is 3.11. The van der Waals surface area contributed by atoms with Crippen molar-refractivity contribution in [2.75, 3.05) is 19.8 Å². The average Bonchev–Trinajstić information content (AvgIpc) is 3.24. The van der Waals surface area contributed by atoms with Crippen molar-refractivity contribution in [2.45, 2.75) is 78.2 Å². The van der Waals surface area contributed by atoms with E-state index < -0.39 is 12.1 Å². The Morgan fingerprint density at radius 2 is 1.84 bits per heavy atom. The molecule has 0 bridgehead atoms. The number of alkyl halides is 3. The van der Waals surface area contributed by atoms with Crippen LogP contribution in [0.1, 0.15) is 91.3 Å². The van der Waals surface area contributed by atoms with Gasteiger partial charge in [-0.25, -0.2) is 0 Å². The van der Waals surface area contributed by atoms with Crippen molar-refractivity contribution in [3.05, 3.63) is 64.5 Å². The number of pyridine rings is 1. The summed E-state index contributed by atoms with van der Waals surface area (Å²) < 4.78 is 45.0. The summed E-state index contributed by atoms with van der Waals surface area (Å²) in [7, 11) is 0. The Morgan fingerprint density at radius 3 is 2.45 bits per heavy atom. The van der Waals surface area contributed by atoms with Crippen LogP contribution in [-0.4, -0.2) is 41.7 Å². The molecule has 0 spiro atoms. The molecule has 1 fully saturated rings. The van der Waals surface area contributed by atoms with Crippen LogP contribution in [0.15, 0.2) is 36.5 Å². The Balaban J connectivity index is 1.45. The Hall–Kier alpha value is -2.45. The molecule has 1 aliphatic heterocycles. The molecule has 208 valence electrons. The van der Waals surface area contributed by atoms with Crippen molar-refractivity contribution in [3.8, 4) is 0 Å². The molecule has 0 unspecified atom stereocenters. The van der Waals surface area contributed by atoms with Crippen LogP contribution in [0.5, 0.6) is 0 Å². The van der Waals surface area contributed by atoms with Gasteiger partial charge in [-0.2, -0.15) is 13.2 Å². The number of carbonyl (C=O) groups excluding carboxylic acids is 1. The monoisotopic (exact) mass is 531 g/mol. The molecule has 1 amide bonds. The zero-order valence-electron chi connectivity index (χ0n) is 22.9. The number of nitrogens with one attached hydrogen (secondary N) is 1. The maximum atomic E-state index is 13.3. The summed E-state index contributed by atoms with van der Waals surface area (Å²) in [5.74, 6) is -0.812. The molecule has 2 heterocycles. The lowest BCUT2D eigenvalue weighted by atomic mass is 9.81. The SMILES string of the molecule is CCOC[C@H](NC(=O)c1cnc2c(c1)CN(C[C@H]1CC[C@H](C(F)(F)F)CC1)[C@H]2C(C)C)c1ccc(C)cc1. The predicted octanol–water partition coefficient (Wildman–Crippen LogP) is 6.78. The molecule has 2 aromatic rings. The fourth-order valence-corrected chi connectivity index (χ4v) is 5.94. The third kappa shape index (κ3) is 6.75. The second-order valence-electron chi connectivity index (χ2n) is 11.2. The van der Waals surface area contributed by atoms with Crippen LogP contribution < -0.4 is 5.32 Å². The van der Waals surface area contributed by atoms with Gasteiger partial charge in [-0.05, 0) is 68.6 Å². The highest BCUT2D eigenvalue weighted by Gasteiger charge is 2.42. The van der Waals surface area contributed by atoms with Gasteiger partial charge in [-0.1, -0.05) is 43.7 Å². The molecule has 2 aliphatic rings. The average molecular weight is 532 g/mol. The lowest BCUT2D eigenvalue weighted by molar-refractivity contribution is -0.184. The van der Waals surface area contributed by atoms with Crippen LogP contribution in [0, 0.1) is 24.7 Å². The van der Waals surface area contributed by atoms with Gasteiger partial charge < -0.3 is 10.1 Å². The van der Waals surface area contributed by atoms with Crippen molar-refractivity contribution < 1.29 is 22.7 Å². The molecule has 1 aliphatic carbocycles. The minimum absolute atomic E-state index is 0.0979. The first-order valence-corrected chi connectivity index (χ1v) is 13.8. The second-order valence-corrected chi connectivity index (χ2v) is 11.2. The number of halogens is 3. The number of aromatic nitrogens is 1. The van der Waals surface area contributed by atoms with Gasteiger partial charge in [0.1, 0.15) is 0 Å². The minimum atomic E-state index is -4.09. The van der Waals surface area contributed by atoms with E-state index in [1.54, 1.807) is 6.20 Å². The number of hydrogen-bond donors (Lipinski definition) is 1. The fraction of sp³-hybridized carbons (Fsp3) is 0.600. The highest BCUT2D eigenvalue weighted by atomic mass is 19.4. The van der Waals surface area contributed by atoms with Gasteiger partial charge in [0, 0.05) is 25.9 Å². The van der Waals surface area contributed by atoms with Crippen LogP contribution in [0.25, 0.3) is 0 Å². The van der Waals surface area contributed by atoms with Crippen molar-refractivity contribution in [1.29, 1.82) is 0 Å². The second kappa shape index (κ2) is 12.2. The highest BCUT2D eigenvalue weighted by molar-refractivity contribution is 5.94. The summed E-state index contributed by atoms with van der Waals surface area (Å²) in [6.45, 7) is 10.6. The molecule has 1 N–H and O–H groups in total. The van der Waals surface area contributed by atoms with E-state index >= 15 is 0 Å². The normalized spacial score (nSPS) is 22.9. The Morgan fingerprint density at radius 1 is 1.16 bits per heavy atom. The van der Waals surface area contributed by atoms with Crippen molar-refractivity contribution >= 4 is 5.91 Å². The van der Waals surface area contributed by atoms with E-state index in [2.05, 4.69) is 24.1 Å². The van der Waals surface area contributed by atoms with Gasteiger partial charge in [0.05, 0.1) is 35.9 Å². The number of aryl methyl sites for hydroxylation is 1. The van der Waals surface area contributed by atoms with Crippen molar-refractivity contribution in [3.63, 3.8) is 0 Å². The Bertz CT molecular complexity index is 1080. The number of ether oxygens (including phenoxy) is 1. The number of fused-ring (bicyclic) bond motifs is 1. The molecular weight excluding hydrogens is 491 g/mol. The summed E-state index contributed by atoms with van der Waals surface area (Å²) >= 11 is 0. The Kier molecular flexibility index (Phi) is 9.14. The van der Waals surface area contributed by atoms with Crippen LogP contribution in [0.2, 0.25) is 0 Å². The van der Waals surface area contributed by atoms with E-state index in [0.717, 1.165) is 28.9 Å². The van der Waals surface area contributed by atoms with E-state index in [0.29, 0.717) is 44.1 Å². The van der Waals surface area contributed by atoms with E-state index in [4.69, 9.17) is 9.72 Å². The van der Waals surface area contributed by atoms with Gasteiger partial charge in [0.25, 0.3) is 5.91 Å². The molecule has 8 heteroatoms. The maximum Gasteiger partial charge on any atom is 0.391 e. The third-order valence-electron chi connectivity index (χ3n) is 8.02. The number of benzene rings is 1. The van der Waals surface area contributed by atoms with Gasteiger partial charge >= 0.3 is 6.18 Å². The van der Waals surface area contributed by atoms with Crippen LogP contribution in [0.4, 0.5) is 13.2 Å². The topological polar surface area (TPSA) is 54.5 Å². The standard InChI is InChI=1S/C30H40F3N3O2/c1-5-38-18-26(22-10-6-20(4)7-11-22)35-29(37)23-14-24-17-36(28(19(2)3)27(24)34-15-23)16-21-8-12-25(13-9-21)30(31,32)33/h6-7,10-11,14-15,19,21,25-26,28H,5,8-9,12-13,16-18H2,1-4H3,(H,35,37)/t21-,25-,26-,28-/m0/s1. The van der Waals surface area contributed by atoms with Gasteiger partial charge in [-0.15, -0.1) is 0 Å². The number of nitrogens with zero attached hydrogens (tertiary/aromatic N) is 2. The van der Waals surface area contributed by atoms with Gasteiger partial charge in [0.2, 0.25) is 0 Å². The molecule has 2 atom stereocenters. The molecule has 38 heavy (non-hydrogen) atoms. The minimum Gasteiger partial charge on any atom is -0.379 e. The lowest BCUT2D eigenvalue weighted by Crippen LogP contribution is -2.35. The zero-order valence-corrected chi connectivity index (χ0v) is 22.9. The highest BCUT2D eigenvalue weighted by Crippen LogP contribution is 2.43. The summed E-state index contributed by atoms with van der Waals surface area (Å²) in [6.07, 6.45) is -0.806. The largest absolute Gasteiger partial charge is 0.391 e. The van der Waals surface area contributed by atoms with Crippen LogP contribution in [0.3, 0.4) is 0 Å². The number of amides is 1. The molecule has 1 saturated carbocycles. The van der Waals surface area contributed by atoms with E-state index in [-0.39, 0.29) is 36.8 Å².